The zero-order valence-electron chi connectivity index (χ0n) is 19.6. The van der Waals surface area contributed by atoms with Crippen molar-refractivity contribution in [1.29, 1.82) is 0 Å². The van der Waals surface area contributed by atoms with Crippen LogP contribution < -0.4 is 15.0 Å². The van der Waals surface area contributed by atoms with Gasteiger partial charge in [-0.25, -0.2) is 0 Å². The Labute approximate surface area is 196 Å². The van der Waals surface area contributed by atoms with Crippen molar-refractivity contribution in [1.82, 2.24) is 15.2 Å². The number of nitrogens with zero attached hydrogens (tertiary/aromatic N) is 3. The molecule has 6 heteroatoms. The molecule has 0 fully saturated rings. The molecule has 172 valence electrons. The molecule has 6 nitrogen and oxygen atoms in total. The average molecular weight is 445 g/mol. The Morgan fingerprint density at radius 3 is 2.70 bits per heavy atom. The molecular weight excluding hydrogens is 412 g/mol. The molecule has 0 bridgehead atoms. The molecule has 1 aliphatic heterocycles. The van der Waals surface area contributed by atoms with E-state index in [9.17, 15) is 4.79 Å². The van der Waals surface area contributed by atoms with Crippen molar-refractivity contribution in [2.24, 2.45) is 0 Å². The second-order valence-electron chi connectivity index (χ2n) is 8.54. The molecule has 1 aromatic heterocycles. The summed E-state index contributed by atoms with van der Waals surface area (Å²) in [5.74, 6) is 0.871. The van der Waals surface area contributed by atoms with E-state index in [0.717, 1.165) is 42.1 Å². The minimum Gasteiger partial charge on any atom is -0.486 e. The van der Waals surface area contributed by atoms with Gasteiger partial charge in [0.25, 0.3) is 5.91 Å². The second kappa shape index (κ2) is 10.5. The molecule has 4 rings (SSSR count). The van der Waals surface area contributed by atoms with Crippen LogP contribution in [0.4, 0.5) is 5.69 Å². The lowest BCUT2D eigenvalue weighted by molar-refractivity contribution is 0.0754. The Hall–Kier alpha value is -3.38. The van der Waals surface area contributed by atoms with Gasteiger partial charge in [-0.05, 0) is 55.4 Å². The maximum atomic E-state index is 13.2. The first-order valence-electron chi connectivity index (χ1n) is 11.5. The Morgan fingerprint density at radius 2 is 1.94 bits per heavy atom. The van der Waals surface area contributed by atoms with Crippen molar-refractivity contribution in [3.63, 3.8) is 0 Å². The zero-order valence-corrected chi connectivity index (χ0v) is 19.6. The summed E-state index contributed by atoms with van der Waals surface area (Å²) in [7, 11) is 3.97. The van der Waals surface area contributed by atoms with Crippen molar-refractivity contribution >= 4 is 11.6 Å². The molecule has 0 spiro atoms. The van der Waals surface area contributed by atoms with E-state index in [-0.39, 0.29) is 12.0 Å². The lowest BCUT2D eigenvalue weighted by atomic mass is 10.1. The molecule has 1 unspecified atom stereocenters. The van der Waals surface area contributed by atoms with Gasteiger partial charge in [0.15, 0.2) is 0 Å². The summed E-state index contributed by atoms with van der Waals surface area (Å²) in [6.07, 6.45) is 4.27. The van der Waals surface area contributed by atoms with Crippen LogP contribution in [0, 0.1) is 6.92 Å². The summed E-state index contributed by atoms with van der Waals surface area (Å²) in [5.41, 5.74) is 5.00. The number of aromatic nitrogens is 1. The highest BCUT2D eigenvalue weighted by molar-refractivity contribution is 6.00. The van der Waals surface area contributed by atoms with Crippen LogP contribution in [-0.4, -0.2) is 49.5 Å². The van der Waals surface area contributed by atoms with Crippen molar-refractivity contribution in [2.75, 3.05) is 38.6 Å². The number of pyridine rings is 1. The Bertz CT molecular complexity index is 1090. The fraction of sp³-hybridized carbons (Fsp3) is 0.333. The van der Waals surface area contributed by atoms with Crippen LogP contribution in [0.25, 0.3) is 0 Å². The monoisotopic (exact) mass is 444 g/mol. The number of benzene rings is 2. The van der Waals surface area contributed by atoms with Crippen LogP contribution in [0.1, 0.15) is 39.6 Å². The lowest BCUT2D eigenvalue weighted by Crippen LogP contribution is -2.33. The number of anilines is 1. The molecule has 2 heterocycles. The smallest absolute Gasteiger partial charge is 0.257 e. The third-order valence-electron chi connectivity index (χ3n) is 6.21. The highest BCUT2D eigenvalue weighted by Gasteiger charge is 2.25. The van der Waals surface area contributed by atoms with E-state index in [1.54, 1.807) is 12.4 Å². The number of ether oxygens (including phenoxy) is 1. The van der Waals surface area contributed by atoms with Crippen molar-refractivity contribution < 1.29 is 9.53 Å². The van der Waals surface area contributed by atoms with Crippen LogP contribution in [-0.2, 0) is 6.54 Å². The van der Waals surface area contributed by atoms with Gasteiger partial charge < -0.3 is 19.9 Å². The van der Waals surface area contributed by atoms with Crippen LogP contribution in [0.5, 0.6) is 5.75 Å². The third-order valence-corrected chi connectivity index (χ3v) is 6.21. The van der Waals surface area contributed by atoms with Crippen molar-refractivity contribution in [3.05, 3.63) is 89.2 Å². The van der Waals surface area contributed by atoms with Crippen LogP contribution in [0.2, 0.25) is 0 Å². The Morgan fingerprint density at radius 1 is 1.12 bits per heavy atom. The number of aryl methyl sites for hydroxylation is 1. The molecule has 0 saturated heterocycles. The van der Waals surface area contributed by atoms with Crippen molar-refractivity contribution in [2.45, 2.75) is 26.0 Å². The first kappa shape index (κ1) is 22.8. The van der Waals surface area contributed by atoms with E-state index in [1.165, 1.54) is 5.56 Å². The number of likely N-dealkylation sites (N-methyl/N-ethyl adjacent to an activating group) is 1. The normalized spacial score (nSPS) is 14.6. The molecule has 2 aromatic carbocycles. The molecule has 0 aliphatic carbocycles. The predicted molar refractivity (Wildman–Crippen MR) is 132 cm³/mol. The highest BCUT2D eigenvalue weighted by atomic mass is 16.5. The minimum atomic E-state index is -0.0179. The summed E-state index contributed by atoms with van der Waals surface area (Å²) in [5, 5.41) is 3.21. The molecule has 33 heavy (non-hydrogen) atoms. The van der Waals surface area contributed by atoms with E-state index in [4.69, 9.17) is 4.74 Å². The fourth-order valence-electron chi connectivity index (χ4n) is 4.22. The van der Waals surface area contributed by atoms with Gasteiger partial charge in [-0.3, -0.25) is 9.78 Å². The maximum Gasteiger partial charge on any atom is 0.257 e. The number of rotatable bonds is 8. The maximum absolute atomic E-state index is 13.2. The molecule has 1 atom stereocenters. The number of carbonyl (C=O) groups is 1. The van der Waals surface area contributed by atoms with E-state index >= 15 is 0 Å². The first-order chi connectivity index (χ1) is 16.1. The minimum absolute atomic E-state index is 0.0179. The number of amides is 1. The van der Waals surface area contributed by atoms with E-state index in [1.807, 2.05) is 49.3 Å². The Kier molecular flexibility index (Phi) is 7.25. The largest absolute Gasteiger partial charge is 0.486 e. The SMILES string of the molecule is CNCCC(Oc1ccc(CN2CCN(C)c3ccncc3C2=O)c(C)c1)c1ccccc1. The van der Waals surface area contributed by atoms with Crippen LogP contribution >= 0.6 is 0 Å². The van der Waals surface area contributed by atoms with E-state index in [0.29, 0.717) is 18.7 Å². The summed E-state index contributed by atoms with van der Waals surface area (Å²) in [6, 6.07) is 18.4. The van der Waals surface area contributed by atoms with E-state index in [2.05, 4.69) is 46.4 Å². The summed E-state index contributed by atoms with van der Waals surface area (Å²) < 4.78 is 6.39. The third kappa shape index (κ3) is 5.34. The van der Waals surface area contributed by atoms with Gasteiger partial charge >= 0.3 is 0 Å². The number of nitrogens with one attached hydrogen (secondary N) is 1. The van der Waals surface area contributed by atoms with E-state index < -0.39 is 0 Å². The first-order valence-corrected chi connectivity index (χ1v) is 11.5. The van der Waals surface area contributed by atoms with Gasteiger partial charge in [0.1, 0.15) is 11.9 Å². The van der Waals surface area contributed by atoms with Gasteiger partial charge in [0.05, 0.1) is 11.3 Å². The fourth-order valence-corrected chi connectivity index (χ4v) is 4.22. The van der Waals surface area contributed by atoms with Gasteiger partial charge in [-0.15, -0.1) is 0 Å². The number of carbonyl (C=O) groups excluding carboxylic acids is 1. The quantitative estimate of drug-likeness (QED) is 0.564. The van der Waals surface area contributed by atoms with Gasteiger partial charge in [-0.2, -0.15) is 0 Å². The molecule has 1 aliphatic rings. The summed E-state index contributed by atoms with van der Waals surface area (Å²) >= 11 is 0. The second-order valence-corrected chi connectivity index (χ2v) is 8.54. The van der Waals surface area contributed by atoms with Crippen LogP contribution in [0.15, 0.2) is 67.0 Å². The van der Waals surface area contributed by atoms with Gasteiger partial charge in [0.2, 0.25) is 0 Å². The zero-order chi connectivity index (χ0) is 23.2. The molecule has 0 radical (unpaired) electrons. The summed E-state index contributed by atoms with van der Waals surface area (Å²) in [6.45, 7) is 4.97. The van der Waals surface area contributed by atoms with Crippen LogP contribution in [0.3, 0.4) is 0 Å². The van der Waals surface area contributed by atoms with Gasteiger partial charge in [-0.1, -0.05) is 36.4 Å². The topological polar surface area (TPSA) is 57.7 Å². The standard InChI is InChI=1S/C27H32N4O2/c1-20-17-23(33-26(12-13-28-2)21-7-5-4-6-8-21)10-9-22(20)19-31-16-15-30(3)25-11-14-29-18-24(25)27(31)32/h4-11,14,17-18,26,28H,12-13,15-16,19H2,1-3H3. The number of hydrogen-bond acceptors (Lipinski definition) is 5. The predicted octanol–water partition coefficient (Wildman–Crippen LogP) is 4.21. The summed E-state index contributed by atoms with van der Waals surface area (Å²) in [4.78, 5) is 21.4. The molecule has 0 saturated carbocycles. The molecular formula is C27H32N4O2. The van der Waals surface area contributed by atoms with Gasteiger partial charge in [0, 0.05) is 45.5 Å². The molecule has 1 N–H and O–H groups in total. The Balaban J connectivity index is 1.50. The number of hydrogen-bond donors (Lipinski definition) is 1. The highest BCUT2D eigenvalue weighted by Crippen LogP contribution is 2.28. The lowest BCUT2D eigenvalue weighted by Gasteiger charge is -2.23. The number of fused-ring (bicyclic) bond motifs is 1. The molecule has 3 aromatic rings. The average Bonchev–Trinajstić information content (AvgIpc) is 2.96. The van der Waals surface area contributed by atoms with Crippen molar-refractivity contribution in [3.8, 4) is 5.75 Å². The molecule has 1 amide bonds.